The van der Waals surface area contributed by atoms with Crippen LogP contribution in [0.4, 0.5) is 5.69 Å². The summed E-state index contributed by atoms with van der Waals surface area (Å²) in [5.74, 6) is 0.0349. The normalized spacial score (nSPS) is 10.7. The van der Waals surface area contributed by atoms with Crippen LogP contribution >= 0.6 is 15.9 Å². The molecule has 1 aromatic carbocycles. The van der Waals surface area contributed by atoms with Gasteiger partial charge in [0.25, 0.3) is 0 Å². The molecule has 0 fully saturated rings. The zero-order valence-electron chi connectivity index (χ0n) is 11.3. The van der Waals surface area contributed by atoms with Crippen molar-refractivity contribution < 1.29 is 4.79 Å². The van der Waals surface area contributed by atoms with Crippen molar-refractivity contribution in [2.75, 3.05) is 25.0 Å². The zero-order valence-corrected chi connectivity index (χ0v) is 12.9. The van der Waals surface area contributed by atoms with Crippen molar-refractivity contribution in [1.82, 2.24) is 4.90 Å². The number of amides is 1. The molecule has 0 heterocycles. The summed E-state index contributed by atoms with van der Waals surface area (Å²) < 4.78 is 0.924. The number of carbonyl (C=O) groups is 1. The Kier molecular flexibility index (Phi) is 6.36. The molecule has 0 saturated carbocycles. The Balaban J connectivity index is 2.69. The van der Waals surface area contributed by atoms with Crippen LogP contribution in [0.5, 0.6) is 0 Å². The third kappa shape index (κ3) is 4.42. The zero-order chi connectivity index (χ0) is 13.5. The van der Waals surface area contributed by atoms with E-state index in [0.717, 1.165) is 29.7 Å². The maximum absolute atomic E-state index is 11.9. The van der Waals surface area contributed by atoms with Gasteiger partial charge in [0.15, 0.2) is 0 Å². The van der Waals surface area contributed by atoms with Gasteiger partial charge in [0.2, 0.25) is 5.91 Å². The lowest BCUT2D eigenvalue weighted by Gasteiger charge is -2.17. The van der Waals surface area contributed by atoms with E-state index in [1.165, 1.54) is 5.56 Å². The maximum atomic E-state index is 11.9. The molecule has 0 radical (unpaired) electrons. The number of nitrogens with one attached hydrogen (secondary N) is 1. The monoisotopic (exact) mass is 312 g/mol. The van der Waals surface area contributed by atoms with E-state index >= 15 is 0 Å². The smallest absolute Gasteiger partial charge is 0.238 e. The lowest BCUT2D eigenvalue weighted by molar-refractivity contribution is -0.117. The van der Waals surface area contributed by atoms with Crippen molar-refractivity contribution in [2.24, 2.45) is 0 Å². The summed E-state index contributed by atoms with van der Waals surface area (Å²) in [4.78, 5) is 14.0. The van der Waals surface area contributed by atoms with E-state index in [9.17, 15) is 4.79 Å². The Bertz CT molecular complexity index is 403. The molecule has 0 saturated heterocycles. The third-order valence-corrected chi connectivity index (χ3v) is 3.67. The molecule has 0 bridgehead atoms. The van der Waals surface area contributed by atoms with E-state index in [0.29, 0.717) is 6.54 Å². The number of nitrogens with zero attached hydrogens (tertiary/aromatic N) is 1. The van der Waals surface area contributed by atoms with Gasteiger partial charge in [-0.05, 0) is 53.1 Å². The molecule has 18 heavy (non-hydrogen) atoms. The molecular weight excluding hydrogens is 292 g/mol. The largest absolute Gasteiger partial charge is 0.324 e. The predicted molar refractivity (Wildman–Crippen MR) is 79.9 cm³/mol. The fourth-order valence-corrected chi connectivity index (χ4v) is 2.07. The van der Waals surface area contributed by atoms with E-state index in [1.54, 1.807) is 0 Å². The molecule has 1 N–H and O–H groups in total. The molecule has 0 aliphatic carbocycles. The minimum Gasteiger partial charge on any atom is -0.324 e. The van der Waals surface area contributed by atoms with Gasteiger partial charge in [0.1, 0.15) is 0 Å². The lowest BCUT2D eigenvalue weighted by atomic mass is 10.1. The highest BCUT2D eigenvalue weighted by molar-refractivity contribution is 9.10. The molecule has 1 aromatic rings. The number of rotatable bonds is 6. The van der Waals surface area contributed by atoms with Gasteiger partial charge in [0.05, 0.1) is 12.2 Å². The van der Waals surface area contributed by atoms with Gasteiger partial charge in [-0.15, -0.1) is 0 Å². The minimum atomic E-state index is 0.0349. The molecule has 0 unspecified atom stereocenters. The van der Waals surface area contributed by atoms with Gasteiger partial charge in [0, 0.05) is 4.47 Å². The van der Waals surface area contributed by atoms with Crippen molar-refractivity contribution in [3.63, 3.8) is 0 Å². The first-order chi connectivity index (χ1) is 8.60. The van der Waals surface area contributed by atoms with Crippen LogP contribution in [0.1, 0.15) is 26.3 Å². The Morgan fingerprint density at radius 1 is 1.28 bits per heavy atom. The van der Waals surface area contributed by atoms with Gasteiger partial charge in [-0.1, -0.05) is 26.8 Å². The van der Waals surface area contributed by atoms with E-state index in [1.807, 2.05) is 12.1 Å². The molecule has 1 amide bonds. The van der Waals surface area contributed by atoms with E-state index in [2.05, 4.69) is 53.0 Å². The number of anilines is 1. The summed E-state index contributed by atoms with van der Waals surface area (Å²) in [6.45, 7) is 8.44. The number of benzene rings is 1. The number of halogens is 1. The van der Waals surface area contributed by atoms with Gasteiger partial charge in [-0.3, -0.25) is 9.69 Å². The highest BCUT2D eigenvalue weighted by Gasteiger charge is 2.09. The molecule has 100 valence electrons. The molecule has 0 aliphatic heterocycles. The van der Waals surface area contributed by atoms with Crippen molar-refractivity contribution in [3.8, 4) is 0 Å². The molecule has 0 spiro atoms. The lowest BCUT2D eigenvalue weighted by Crippen LogP contribution is -2.33. The summed E-state index contributed by atoms with van der Waals surface area (Å²) in [6.07, 6.45) is 0.964. The highest BCUT2D eigenvalue weighted by atomic mass is 79.9. The van der Waals surface area contributed by atoms with Gasteiger partial charge in [-0.2, -0.15) is 0 Å². The highest BCUT2D eigenvalue weighted by Crippen LogP contribution is 2.23. The molecule has 4 heteroatoms. The number of carbonyl (C=O) groups excluding carboxylic acids is 1. The van der Waals surface area contributed by atoms with Crippen molar-refractivity contribution in [3.05, 3.63) is 28.2 Å². The molecule has 0 aromatic heterocycles. The molecule has 1 rings (SSSR count). The fraction of sp³-hybridized carbons (Fsp3) is 0.500. The van der Waals surface area contributed by atoms with Crippen LogP contribution in [0.3, 0.4) is 0 Å². The SMILES string of the molecule is CCc1ccc(Br)c(NC(=O)CN(CC)CC)c1. The van der Waals surface area contributed by atoms with Crippen LogP contribution in [-0.4, -0.2) is 30.4 Å². The number of aryl methyl sites for hydroxylation is 1. The van der Waals surface area contributed by atoms with Crippen LogP contribution in [-0.2, 0) is 11.2 Å². The van der Waals surface area contributed by atoms with Crippen molar-refractivity contribution in [1.29, 1.82) is 0 Å². The Hall–Kier alpha value is -0.870. The van der Waals surface area contributed by atoms with Crippen LogP contribution < -0.4 is 5.32 Å². The molecule has 0 aliphatic rings. The standard InChI is InChI=1S/C14H21BrN2O/c1-4-11-7-8-12(15)13(9-11)16-14(18)10-17(5-2)6-3/h7-9H,4-6,10H2,1-3H3,(H,16,18). The third-order valence-electron chi connectivity index (χ3n) is 2.97. The number of hydrogen-bond acceptors (Lipinski definition) is 2. The summed E-state index contributed by atoms with van der Waals surface area (Å²) in [5, 5.41) is 2.96. The average molecular weight is 313 g/mol. The number of likely N-dealkylation sites (N-methyl/N-ethyl adjacent to an activating group) is 1. The van der Waals surface area contributed by atoms with Gasteiger partial charge in [-0.25, -0.2) is 0 Å². The molecule has 0 atom stereocenters. The quantitative estimate of drug-likeness (QED) is 0.874. The predicted octanol–water partition coefficient (Wildman–Crippen LogP) is 3.29. The molecule has 3 nitrogen and oxygen atoms in total. The maximum Gasteiger partial charge on any atom is 0.238 e. The van der Waals surface area contributed by atoms with E-state index < -0.39 is 0 Å². The van der Waals surface area contributed by atoms with Gasteiger partial charge >= 0.3 is 0 Å². The summed E-state index contributed by atoms with van der Waals surface area (Å²) in [6, 6.07) is 6.06. The molecular formula is C14H21BrN2O. The number of hydrogen-bond donors (Lipinski definition) is 1. The van der Waals surface area contributed by atoms with Crippen LogP contribution in [0.15, 0.2) is 22.7 Å². The second-order valence-corrected chi connectivity index (χ2v) is 5.03. The van der Waals surface area contributed by atoms with E-state index in [-0.39, 0.29) is 5.91 Å². The van der Waals surface area contributed by atoms with Crippen molar-refractivity contribution in [2.45, 2.75) is 27.2 Å². The summed E-state index contributed by atoms with van der Waals surface area (Å²) >= 11 is 3.46. The second kappa shape index (κ2) is 7.54. The summed E-state index contributed by atoms with van der Waals surface area (Å²) in [7, 11) is 0. The second-order valence-electron chi connectivity index (χ2n) is 4.18. The first kappa shape index (κ1) is 15.2. The van der Waals surface area contributed by atoms with E-state index in [4.69, 9.17) is 0 Å². The Labute approximate surface area is 118 Å². The van der Waals surface area contributed by atoms with Gasteiger partial charge < -0.3 is 5.32 Å². The minimum absolute atomic E-state index is 0.0349. The summed E-state index contributed by atoms with van der Waals surface area (Å²) in [5.41, 5.74) is 2.07. The Morgan fingerprint density at radius 2 is 1.94 bits per heavy atom. The van der Waals surface area contributed by atoms with Crippen LogP contribution in [0.2, 0.25) is 0 Å². The van der Waals surface area contributed by atoms with Crippen LogP contribution in [0, 0.1) is 0 Å². The first-order valence-electron chi connectivity index (χ1n) is 6.41. The fourth-order valence-electron chi connectivity index (χ4n) is 1.73. The Morgan fingerprint density at radius 3 is 2.50 bits per heavy atom. The first-order valence-corrected chi connectivity index (χ1v) is 7.20. The topological polar surface area (TPSA) is 32.3 Å². The van der Waals surface area contributed by atoms with Crippen LogP contribution in [0.25, 0.3) is 0 Å². The van der Waals surface area contributed by atoms with Crippen molar-refractivity contribution >= 4 is 27.5 Å². The average Bonchev–Trinajstić information content (AvgIpc) is 2.38.